The summed E-state index contributed by atoms with van der Waals surface area (Å²) in [6.45, 7) is 0.615. The molecular weight excluding hydrogens is 242 g/mol. The molecule has 0 fully saturated rings. The van der Waals surface area contributed by atoms with E-state index in [1.165, 1.54) is 6.20 Å². The predicted molar refractivity (Wildman–Crippen MR) is 70.0 cm³/mol. The lowest BCUT2D eigenvalue weighted by Crippen LogP contribution is -2.03. The maximum atomic E-state index is 10.9. The number of rotatable bonds is 3. The van der Waals surface area contributed by atoms with Crippen LogP contribution in [0.3, 0.4) is 0 Å². The largest absolute Gasteiger partial charge is 0.478 e. The summed E-state index contributed by atoms with van der Waals surface area (Å²) in [5.74, 6) is -0.981. The topological polar surface area (TPSA) is 68.0 Å². The molecular formula is C14H11N3O2. The first kappa shape index (κ1) is 11.4. The van der Waals surface area contributed by atoms with Gasteiger partial charge < -0.3 is 5.11 Å². The number of benzene rings is 1. The second kappa shape index (κ2) is 4.53. The predicted octanol–water partition coefficient (Wildman–Crippen LogP) is 2.18. The van der Waals surface area contributed by atoms with Gasteiger partial charge in [0.2, 0.25) is 0 Å². The molecule has 0 atom stereocenters. The van der Waals surface area contributed by atoms with Crippen molar-refractivity contribution in [3.8, 4) is 0 Å². The Balaban J connectivity index is 1.99. The van der Waals surface area contributed by atoms with Gasteiger partial charge >= 0.3 is 5.97 Å². The lowest BCUT2D eigenvalue weighted by Gasteiger charge is -2.03. The number of carboxylic acid groups (broad SMARTS) is 1. The molecule has 0 bridgehead atoms. The molecule has 3 aromatic rings. The van der Waals surface area contributed by atoms with Crippen molar-refractivity contribution in [3.05, 3.63) is 59.9 Å². The summed E-state index contributed by atoms with van der Waals surface area (Å²) in [6, 6.07) is 11.5. The number of aromatic carboxylic acids is 1. The van der Waals surface area contributed by atoms with E-state index < -0.39 is 5.97 Å². The number of carbonyl (C=O) groups is 1. The Hall–Kier alpha value is -2.69. The summed E-state index contributed by atoms with van der Waals surface area (Å²) < 4.78 is 1.76. The molecule has 94 valence electrons. The van der Waals surface area contributed by atoms with E-state index in [1.54, 1.807) is 16.9 Å². The van der Waals surface area contributed by atoms with Crippen LogP contribution in [0, 0.1) is 0 Å². The van der Waals surface area contributed by atoms with Crippen LogP contribution in [-0.2, 0) is 6.54 Å². The van der Waals surface area contributed by atoms with E-state index in [4.69, 9.17) is 5.11 Å². The van der Waals surface area contributed by atoms with E-state index in [9.17, 15) is 4.79 Å². The number of carboxylic acids is 1. The third-order valence-electron chi connectivity index (χ3n) is 2.90. The van der Waals surface area contributed by atoms with Gasteiger partial charge in [-0.05, 0) is 11.6 Å². The molecule has 0 saturated heterocycles. The highest BCUT2D eigenvalue weighted by Gasteiger charge is 2.09. The molecule has 0 aliphatic rings. The van der Waals surface area contributed by atoms with Crippen molar-refractivity contribution in [1.29, 1.82) is 0 Å². The summed E-state index contributed by atoms with van der Waals surface area (Å²) in [5, 5.41) is 13.9. The fraction of sp³-hybridized carbons (Fsp3) is 0.0714. The third kappa shape index (κ3) is 2.18. The van der Waals surface area contributed by atoms with Gasteiger partial charge in [0.25, 0.3) is 0 Å². The zero-order valence-corrected chi connectivity index (χ0v) is 10.0. The minimum atomic E-state index is -0.981. The lowest BCUT2D eigenvalue weighted by molar-refractivity contribution is 0.0696. The second-order valence-corrected chi connectivity index (χ2v) is 4.23. The van der Waals surface area contributed by atoms with Crippen LogP contribution in [0.15, 0.2) is 48.8 Å². The summed E-state index contributed by atoms with van der Waals surface area (Å²) >= 11 is 0. The number of fused-ring (bicyclic) bond motifs is 1. The average molecular weight is 253 g/mol. The average Bonchev–Trinajstić information content (AvgIpc) is 2.82. The van der Waals surface area contributed by atoms with Crippen molar-refractivity contribution in [1.82, 2.24) is 14.8 Å². The highest BCUT2D eigenvalue weighted by atomic mass is 16.4. The Morgan fingerprint density at radius 2 is 2.00 bits per heavy atom. The molecule has 0 aliphatic carbocycles. The van der Waals surface area contributed by atoms with Crippen LogP contribution in [0.5, 0.6) is 0 Å². The van der Waals surface area contributed by atoms with Crippen LogP contribution in [0.4, 0.5) is 0 Å². The van der Waals surface area contributed by atoms with Crippen molar-refractivity contribution in [3.63, 3.8) is 0 Å². The van der Waals surface area contributed by atoms with Gasteiger partial charge in [-0.15, -0.1) is 0 Å². The minimum absolute atomic E-state index is 0.173. The van der Waals surface area contributed by atoms with Gasteiger partial charge in [-0.2, -0.15) is 5.10 Å². The zero-order chi connectivity index (χ0) is 13.2. The lowest BCUT2D eigenvalue weighted by atomic mass is 10.2. The second-order valence-electron chi connectivity index (χ2n) is 4.23. The fourth-order valence-corrected chi connectivity index (χ4v) is 1.96. The monoisotopic (exact) mass is 253 g/mol. The van der Waals surface area contributed by atoms with Crippen LogP contribution in [0.25, 0.3) is 11.0 Å². The molecule has 0 amide bonds. The SMILES string of the molecule is O=C(O)c1cnc2c(cnn2Cc2ccccc2)c1. The Bertz CT molecular complexity index is 735. The van der Waals surface area contributed by atoms with Crippen LogP contribution in [0.2, 0.25) is 0 Å². The van der Waals surface area contributed by atoms with Gasteiger partial charge in [-0.25, -0.2) is 14.5 Å². The van der Waals surface area contributed by atoms with Gasteiger partial charge in [-0.1, -0.05) is 30.3 Å². The van der Waals surface area contributed by atoms with Crippen LogP contribution in [0.1, 0.15) is 15.9 Å². The Morgan fingerprint density at radius 1 is 1.21 bits per heavy atom. The van der Waals surface area contributed by atoms with Crippen LogP contribution < -0.4 is 0 Å². The summed E-state index contributed by atoms with van der Waals surface area (Å²) in [7, 11) is 0. The van der Waals surface area contributed by atoms with Crippen molar-refractivity contribution < 1.29 is 9.90 Å². The number of hydrogen-bond donors (Lipinski definition) is 1. The van der Waals surface area contributed by atoms with E-state index in [2.05, 4.69) is 10.1 Å². The van der Waals surface area contributed by atoms with Gasteiger partial charge in [0, 0.05) is 11.6 Å². The van der Waals surface area contributed by atoms with E-state index in [1.807, 2.05) is 30.3 Å². The standard InChI is InChI=1S/C14H11N3O2/c18-14(19)12-6-11-8-16-17(13(11)15-7-12)9-10-4-2-1-3-5-10/h1-8H,9H2,(H,18,19). The maximum absolute atomic E-state index is 10.9. The summed E-state index contributed by atoms with van der Waals surface area (Å²) in [5.41, 5.74) is 1.98. The van der Waals surface area contributed by atoms with E-state index in [0.717, 1.165) is 10.9 Å². The maximum Gasteiger partial charge on any atom is 0.337 e. The summed E-state index contributed by atoms with van der Waals surface area (Å²) in [6.07, 6.45) is 2.99. The molecule has 2 aromatic heterocycles. The van der Waals surface area contributed by atoms with E-state index >= 15 is 0 Å². The van der Waals surface area contributed by atoms with Crippen molar-refractivity contribution >= 4 is 17.0 Å². The molecule has 1 aromatic carbocycles. The normalized spacial score (nSPS) is 10.7. The number of nitrogens with zero attached hydrogens (tertiary/aromatic N) is 3. The fourth-order valence-electron chi connectivity index (χ4n) is 1.96. The van der Waals surface area contributed by atoms with Gasteiger partial charge in [-0.3, -0.25) is 0 Å². The highest BCUT2D eigenvalue weighted by molar-refractivity contribution is 5.91. The first-order chi connectivity index (χ1) is 9.24. The molecule has 5 heteroatoms. The Labute approximate surface area is 109 Å². The summed E-state index contributed by atoms with van der Waals surface area (Å²) in [4.78, 5) is 15.1. The van der Waals surface area contributed by atoms with Gasteiger partial charge in [0.05, 0.1) is 18.3 Å². The number of pyridine rings is 1. The number of aromatic nitrogens is 3. The van der Waals surface area contributed by atoms with Crippen molar-refractivity contribution in [2.45, 2.75) is 6.54 Å². The van der Waals surface area contributed by atoms with Gasteiger partial charge in [0.15, 0.2) is 5.65 Å². The molecule has 5 nitrogen and oxygen atoms in total. The molecule has 2 heterocycles. The molecule has 0 spiro atoms. The number of hydrogen-bond acceptors (Lipinski definition) is 3. The molecule has 1 N–H and O–H groups in total. The zero-order valence-electron chi connectivity index (χ0n) is 10.0. The smallest absolute Gasteiger partial charge is 0.337 e. The minimum Gasteiger partial charge on any atom is -0.478 e. The molecule has 19 heavy (non-hydrogen) atoms. The molecule has 0 aliphatic heterocycles. The molecule has 0 saturated carbocycles. The first-order valence-electron chi connectivity index (χ1n) is 5.83. The Morgan fingerprint density at radius 3 is 2.74 bits per heavy atom. The Kier molecular flexibility index (Phi) is 2.72. The van der Waals surface area contributed by atoms with Gasteiger partial charge in [0.1, 0.15) is 0 Å². The molecule has 0 radical (unpaired) electrons. The van der Waals surface area contributed by atoms with Crippen LogP contribution >= 0.6 is 0 Å². The molecule has 3 rings (SSSR count). The molecule has 0 unspecified atom stereocenters. The van der Waals surface area contributed by atoms with Crippen LogP contribution in [-0.4, -0.2) is 25.8 Å². The van der Waals surface area contributed by atoms with E-state index in [-0.39, 0.29) is 5.56 Å². The van der Waals surface area contributed by atoms with Crippen molar-refractivity contribution in [2.24, 2.45) is 0 Å². The highest BCUT2D eigenvalue weighted by Crippen LogP contribution is 2.14. The van der Waals surface area contributed by atoms with E-state index in [0.29, 0.717) is 12.2 Å². The first-order valence-corrected chi connectivity index (χ1v) is 5.83. The third-order valence-corrected chi connectivity index (χ3v) is 2.90. The quantitative estimate of drug-likeness (QED) is 0.776. The van der Waals surface area contributed by atoms with Crippen molar-refractivity contribution in [2.75, 3.05) is 0 Å².